The van der Waals surface area contributed by atoms with Crippen molar-refractivity contribution in [1.29, 1.82) is 0 Å². The Bertz CT molecular complexity index is 540. The second-order valence-electron chi connectivity index (χ2n) is 5.45. The maximum absolute atomic E-state index is 12.2. The molecule has 0 saturated heterocycles. The smallest absolute Gasteiger partial charge is 0.243 e. The van der Waals surface area contributed by atoms with Gasteiger partial charge in [0.25, 0.3) is 0 Å². The number of nitrogens with one attached hydrogen (secondary N) is 1. The molecule has 0 aromatic carbocycles. The molecule has 1 aliphatic rings. The molecule has 0 radical (unpaired) electrons. The molecule has 6 heteroatoms. The Morgan fingerprint density at radius 2 is 1.95 bits per heavy atom. The average Bonchev–Trinajstić information content (AvgIpc) is 2.46. The fraction of sp³-hybridized carbons (Fsp3) is 0.643. The standard InChI is InChI=1S/C14H21ClN2O2S/c1-2-11-3-5-12(6-4-11)9-17-20(18,19)14-10-16-8-7-13(14)15/h7-8,10-12,17H,2-6,9H2,1H3. The lowest BCUT2D eigenvalue weighted by atomic mass is 9.81. The van der Waals surface area contributed by atoms with Gasteiger partial charge in [0.2, 0.25) is 10.0 Å². The van der Waals surface area contributed by atoms with E-state index in [0.717, 1.165) is 18.8 Å². The largest absolute Gasteiger partial charge is 0.263 e. The molecule has 1 saturated carbocycles. The number of halogens is 1. The maximum atomic E-state index is 12.2. The Kier molecular flexibility index (Phi) is 5.41. The SMILES string of the molecule is CCC1CCC(CNS(=O)(=O)c2cnccc2Cl)CC1. The van der Waals surface area contributed by atoms with Crippen molar-refractivity contribution in [1.82, 2.24) is 9.71 Å². The highest BCUT2D eigenvalue weighted by atomic mass is 35.5. The number of rotatable bonds is 5. The van der Waals surface area contributed by atoms with E-state index in [1.54, 1.807) is 0 Å². The number of pyridine rings is 1. The molecule has 2 rings (SSSR count). The van der Waals surface area contributed by atoms with Gasteiger partial charge in [0.05, 0.1) is 5.02 Å². The lowest BCUT2D eigenvalue weighted by molar-refractivity contribution is 0.270. The van der Waals surface area contributed by atoms with Gasteiger partial charge < -0.3 is 0 Å². The van der Waals surface area contributed by atoms with Crippen molar-refractivity contribution in [3.8, 4) is 0 Å². The van der Waals surface area contributed by atoms with Crippen LogP contribution in [0.25, 0.3) is 0 Å². The minimum Gasteiger partial charge on any atom is -0.263 e. The van der Waals surface area contributed by atoms with Gasteiger partial charge in [-0.2, -0.15) is 0 Å². The molecule has 0 atom stereocenters. The van der Waals surface area contributed by atoms with Crippen molar-refractivity contribution in [3.63, 3.8) is 0 Å². The monoisotopic (exact) mass is 316 g/mol. The van der Waals surface area contributed by atoms with Crippen LogP contribution in [-0.2, 0) is 10.0 Å². The predicted molar refractivity (Wildman–Crippen MR) is 80.2 cm³/mol. The Morgan fingerprint density at radius 1 is 1.30 bits per heavy atom. The molecule has 4 nitrogen and oxygen atoms in total. The molecular weight excluding hydrogens is 296 g/mol. The summed E-state index contributed by atoms with van der Waals surface area (Å²) in [5, 5.41) is 0.210. The molecule has 1 N–H and O–H groups in total. The van der Waals surface area contributed by atoms with Crippen LogP contribution in [0.3, 0.4) is 0 Å². The highest BCUT2D eigenvalue weighted by Gasteiger charge is 2.23. The molecule has 0 amide bonds. The van der Waals surface area contributed by atoms with E-state index in [4.69, 9.17) is 11.6 Å². The van der Waals surface area contributed by atoms with Crippen molar-refractivity contribution < 1.29 is 8.42 Å². The summed E-state index contributed by atoms with van der Waals surface area (Å²) < 4.78 is 27.0. The predicted octanol–water partition coefficient (Wildman–Crippen LogP) is 3.23. The van der Waals surface area contributed by atoms with Crippen LogP contribution >= 0.6 is 11.6 Å². The Balaban J connectivity index is 1.92. The van der Waals surface area contributed by atoms with Gasteiger partial charge >= 0.3 is 0 Å². The highest BCUT2D eigenvalue weighted by molar-refractivity contribution is 7.89. The van der Waals surface area contributed by atoms with Gasteiger partial charge in [0, 0.05) is 18.9 Å². The lowest BCUT2D eigenvalue weighted by Gasteiger charge is -2.27. The van der Waals surface area contributed by atoms with Gasteiger partial charge in [-0.15, -0.1) is 0 Å². The molecule has 0 spiro atoms. The zero-order chi connectivity index (χ0) is 14.6. The van der Waals surface area contributed by atoms with Crippen LogP contribution in [0.15, 0.2) is 23.4 Å². The summed E-state index contributed by atoms with van der Waals surface area (Å²) in [5.74, 6) is 1.25. The summed E-state index contributed by atoms with van der Waals surface area (Å²) in [6, 6.07) is 1.49. The molecule has 0 unspecified atom stereocenters. The van der Waals surface area contributed by atoms with E-state index in [0.29, 0.717) is 12.5 Å². The van der Waals surface area contributed by atoms with Gasteiger partial charge in [0.15, 0.2) is 0 Å². The van der Waals surface area contributed by atoms with Gasteiger partial charge in [-0.05, 0) is 30.7 Å². The van der Waals surface area contributed by atoms with E-state index in [9.17, 15) is 8.42 Å². The zero-order valence-electron chi connectivity index (χ0n) is 11.7. The summed E-state index contributed by atoms with van der Waals surface area (Å²) in [4.78, 5) is 3.88. The second-order valence-corrected chi connectivity index (χ2v) is 7.60. The van der Waals surface area contributed by atoms with Crippen molar-refractivity contribution in [2.45, 2.75) is 43.9 Å². The number of aromatic nitrogens is 1. The Morgan fingerprint density at radius 3 is 2.55 bits per heavy atom. The van der Waals surface area contributed by atoms with E-state index in [-0.39, 0.29) is 9.92 Å². The number of sulfonamides is 1. The summed E-state index contributed by atoms with van der Waals surface area (Å²) in [6.45, 7) is 2.71. The van der Waals surface area contributed by atoms with Crippen molar-refractivity contribution in [2.75, 3.05) is 6.54 Å². The van der Waals surface area contributed by atoms with E-state index < -0.39 is 10.0 Å². The van der Waals surface area contributed by atoms with Crippen LogP contribution < -0.4 is 4.72 Å². The van der Waals surface area contributed by atoms with Crippen LogP contribution in [0, 0.1) is 11.8 Å². The third-order valence-corrected chi connectivity index (χ3v) is 6.02. The van der Waals surface area contributed by atoms with Gasteiger partial charge in [-0.3, -0.25) is 4.98 Å². The lowest BCUT2D eigenvalue weighted by Crippen LogP contribution is -2.31. The van der Waals surface area contributed by atoms with E-state index >= 15 is 0 Å². The minimum atomic E-state index is -3.55. The van der Waals surface area contributed by atoms with Crippen LogP contribution in [0.2, 0.25) is 5.02 Å². The fourth-order valence-corrected chi connectivity index (χ4v) is 4.25. The second kappa shape index (κ2) is 6.87. The molecule has 1 aliphatic carbocycles. The summed E-state index contributed by atoms with van der Waals surface area (Å²) in [5.41, 5.74) is 0. The first-order chi connectivity index (χ1) is 9.53. The summed E-state index contributed by atoms with van der Waals surface area (Å²) >= 11 is 5.91. The van der Waals surface area contributed by atoms with Crippen LogP contribution in [0.4, 0.5) is 0 Å². The third kappa shape index (κ3) is 3.93. The van der Waals surface area contributed by atoms with Crippen molar-refractivity contribution >= 4 is 21.6 Å². The van der Waals surface area contributed by atoms with Crippen molar-refractivity contribution in [2.24, 2.45) is 11.8 Å². The molecule has 1 heterocycles. The average molecular weight is 317 g/mol. The highest BCUT2D eigenvalue weighted by Crippen LogP contribution is 2.30. The molecule has 1 fully saturated rings. The summed E-state index contributed by atoms with van der Waals surface area (Å²) in [6.07, 6.45) is 8.60. The fourth-order valence-electron chi connectivity index (χ4n) is 2.71. The van der Waals surface area contributed by atoms with Gasteiger partial charge in [0.1, 0.15) is 4.90 Å². The number of nitrogens with zero attached hydrogens (tertiary/aromatic N) is 1. The zero-order valence-corrected chi connectivity index (χ0v) is 13.3. The molecule has 20 heavy (non-hydrogen) atoms. The molecule has 1 aromatic heterocycles. The van der Waals surface area contributed by atoms with E-state index in [1.807, 2.05) is 0 Å². The summed E-state index contributed by atoms with van der Waals surface area (Å²) in [7, 11) is -3.55. The number of hydrogen-bond acceptors (Lipinski definition) is 3. The molecule has 1 aromatic rings. The maximum Gasteiger partial charge on any atom is 0.243 e. The first-order valence-electron chi connectivity index (χ1n) is 7.12. The van der Waals surface area contributed by atoms with Crippen LogP contribution in [0.1, 0.15) is 39.0 Å². The quantitative estimate of drug-likeness (QED) is 0.907. The molecular formula is C14H21ClN2O2S. The Labute approximate surface area is 126 Å². The topological polar surface area (TPSA) is 59.1 Å². The molecule has 0 aliphatic heterocycles. The van der Waals surface area contributed by atoms with Crippen LogP contribution in [0.5, 0.6) is 0 Å². The van der Waals surface area contributed by atoms with E-state index in [2.05, 4.69) is 16.6 Å². The van der Waals surface area contributed by atoms with Crippen LogP contribution in [-0.4, -0.2) is 19.9 Å². The first kappa shape index (κ1) is 15.7. The Hall–Kier alpha value is -0.650. The number of hydrogen-bond donors (Lipinski definition) is 1. The van der Waals surface area contributed by atoms with Crippen molar-refractivity contribution in [3.05, 3.63) is 23.5 Å². The van der Waals surface area contributed by atoms with Gasteiger partial charge in [-0.1, -0.05) is 37.8 Å². The van der Waals surface area contributed by atoms with E-state index in [1.165, 1.54) is 37.7 Å². The minimum absolute atomic E-state index is 0.0592. The van der Waals surface area contributed by atoms with Gasteiger partial charge in [-0.25, -0.2) is 13.1 Å². The molecule has 112 valence electrons. The normalized spacial score (nSPS) is 23.7. The first-order valence-corrected chi connectivity index (χ1v) is 8.98. The molecule has 0 bridgehead atoms. The third-order valence-electron chi connectivity index (χ3n) is 4.13.